The van der Waals surface area contributed by atoms with E-state index in [4.69, 9.17) is 0 Å². The number of rotatable bonds is 0. The molecule has 3 unspecified atom stereocenters. The summed E-state index contributed by atoms with van der Waals surface area (Å²) < 4.78 is 25.7. The van der Waals surface area contributed by atoms with E-state index < -0.39 is 12.3 Å². The van der Waals surface area contributed by atoms with Crippen molar-refractivity contribution < 1.29 is 18.4 Å². The summed E-state index contributed by atoms with van der Waals surface area (Å²) in [6.07, 6.45) is 0.509. The molecule has 0 aromatic heterocycles. The fourth-order valence-corrected chi connectivity index (χ4v) is 3.49. The van der Waals surface area contributed by atoms with E-state index in [9.17, 15) is 18.4 Å². The number of halogens is 2. The first kappa shape index (κ1) is 19.8. The highest BCUT2D eigenvalue weighted by molar-refractivity contribution is 5.74. The van der Waals surface area contributed by atoms with Crippen LogP contribution in [0.25, 0.3) is 0 Å². The molecular weight excluding hydrogens is 302 g/mol. The van der Waals surface area contributed by atoms with E-state index >= 15 is 0 Å². The van der Waals surface area contributed by atoms with Gasteiger partial charge < -0.3 is 9.80 Å². The Bertz CT molecular complexity index is 429. The molecule has 134 valence electrons. The third-order valence-corrected chi connectivity index (χ3v) is 4.71. The number of likely N-dealkylation sites (tertiary alicyclic amines) is 2. The van der Waals surface area contributed by atoms with Crippen molar-refractivity contribution in [3.05, 3.63) is 0 Å². The van der Waals surface area contributed by atoms with Gasteiger partial charge >= 0.3 is 0 Å². The van der Waals surface area contributed by atoms with E-state index in [1.807, 2.05) is 20.8 Å². The average Bonchev–Trinajstić information content (AvgIpc) is 2.36. The molecule has 2 aliphatic heterocycles. The smallest absolute Gasteiger partial charge is 0.219 e. The Labute approximate surface area is 138 Å². The monoisotopic (exact) mass is 332 g/mol. The molecule has 4 nitrogen and oxygen atoms in total. The number of hydrogen-bond donors (Lipinski definition) is 0. The van der Waals surface area contributed by atoms with Crippen molar-refractivity contribution >= 4 is 11.8 Å². The molecule has 2 aliphatic rings. The minimum Gasteiger partial charge on any atom is -0.340 e. The van der Waals surface area contributed by atoms with Crippen LogP contribution in [0.5, 0.6) is 0 Å². The van der Waals surface area contributed by atoms with Crippen LogP contribution in [0.2, 0.25) is 0 Å². The molecule has 0 aromatic carbocycles. The van der Waals surface area contributed by atoms with Gasteiger partial charge in [0.2, 0.25) is 11.8 Å². The Morgan fingerprint density at radius 3 is 2.00 bits per heavy atom. The van der Waals surface area contributed by atoms with E-state index in [0.717, 1.165) is 0 Å². The number of carbonyl (C=O) groups is 2. The topological polar surface area (TPSA) is 40.6 Å². The lowest BCUT2D eigenvalue weighted by Crippen LogP contribution is -2.52. The number of hydrogen-bond acceptors (Lipinski definition) is 2. The van der Waals surface area contributed by atoms with Gasteiger partial charge in [-0.05, 0) is 40.0 Å². The molecule has 0 bridgehead atoms. The van der Waals surface area contributed by atoms with Crippen LogP contribution in [0.1, 0.15) is 60.3 Å². The lowest BCUT2D eigenvalue weighted by Gasteiger charge is -2.43. The van der Waals surface area contributed by atoms with Crippen molar-refractivity contribution in [2.45, 2.75) is 84.2 Å². The number of alkyl halides is 2. The minimum atomic E-state index is -0.740. The van der Waals surface area contributed by atoms with Gasteiger partial charge in [-0.3, -0.25) is 9.59 Å². The maximum atomic E-state index is 13.0. The van der Waals surface area contributed by atoms with Crippen LogP contribution >= 0.6 is 0 Å². The second-order valence-electron chi connectivity index (χ2n) is 7.26. The van der Waals surface area contributed by atoms with E-state index in [1.165, 1.54) is 6.92 Å². The summed E-state index contributed by atoms with van der Waals surface area (Å²) in [6, 6.07) is 0.0799. The summed E-state index contributed by atoms with van der Waals surface area (Å²) >= 11 is 0. The second kappa shape index (κ2) is 8.06. The van der Waals surface area contributed by atoms with Gasteiger partial charge in [0.15, 0.2) is 0 Å². The standard InChI is InChI=1S/C9H16FNO.C8H14FNO/c1-7(12)11-5-4-8(10)6-9(11,2)3;1-6-5-8(9)3-4-10(6)7(2)11/h8H,4-6H2,1-3H3;6,8H,3-5H2,1-2H3. The maximum absolute atomic E-state index is 13.0. The predicted octanol–water partition coefficient (Wildman–Crippen LogP) is 3.10. The van der Waals surface area contributed by atoms with Crippen LogP contribution in [0.15, 0.2) is 0 Å². The first-order valence-corrected chi connectivity index (χ1v) is 8.38. The lowest BCUT2D eigenvalue weighted by molar-refractivity contribution is -0.137. The first-order valence-electron chi connectivity index (χ1n) is 8.38. The van der Waals surface area contributed by atoms with Crippen LogP contribution in [0.3, 0.4) is 0 Å². The summed E-state index contributed by atoms with van der Waals surface area (Å²) in [6.45, 7) is 9.95. The molecule has 2 amide bonds. The van der Waals surface area contributed by atoms with Crippen LogP contribution in [-0.2, 0) is 9.59 Å². The highest BCUT2D eigenvalue weighted by Crippen LogP contribution is 2.29. The van der Waals surface area contributed by atoms with Gasteiger partial charge in [-0.15, -0.1) is 0 Å². The predicted molar refractivity (Wildman–Crippen MR) is 86.6 cm³/mol. The Kier molecular flexibility index (Phi) is 6.96. The molecule has 0 aromatic rings. The van der Waals surface area contributed by atoms with Gasteiger partial charge in [-0.2, -0.15) is 0 Å². The quantitative estimate of drug-likeness (QED) is 0.684. The molecule has 2 fully saturated rings. The van der Waals surface area contributed by atoms with Crippen molar-refractivity contribution in [1.29, 1.82) is 0 Å². The molecule has 2 rings (SSSR count). The number of amides is 2. The van der Waals surface area contributed by atoms with Gasteiger partial charge in [0.1, 0.15) is 12.3 Å². The Hall–Kier alpha value is -1.20. The molecule has 23 heavy (non-hydrogen) atoms. The van der Waals surface area contributed by atoms with Gasteiger partial charge in [0.05, 0.1) is 0 Å². The second-order valence-corrected chi connectivity index (χ2v) is 7.26. The SMILES string of the molecule is CC(=O)N1CCC(F)CC1(C)C.CC(=O)N1CCC(F)CC1C. The summed E-state index contributed by atoms with van der Waals surface area (Å²) in [7, 11) is 0. The van der Waals surface area contributed by atoms with Gasteiger partial charge in [0, 0.05) is 44.9 Å². The zero-order chi connectivity index (χ0) is 17.8. The van der Waals surface area contributed by atoms with E-state index in [1.54, 1.807) is 16.7 Å². The van der Waals surface area contributed by atoms with Gasteiger partial charge in [-0.1, -0.05) is 0 Å². The third kappa shape index (κ3) is 5.74. The Morgan fingerprint density at radius 2 is 1.57 bits per heavy atom. The fraction of sp³-hybridized carbons (Fsp3) is 0.882. The molecule has 2 heterocycles. The number of nitrogens with zero attached hydrogens (tertiary/aromatic N) is 2. The highest BCUT2D eigenvalue weighted by Gasteiger charge is 2.36. The van der Waals surface area contributed by atoms with Crippen molar-refractivity contribution in [2.75, 3.05) is 13.1 Å². The molecule has 2 saturated heterocycles. The van der Waals surface area contributed by atoms with Crippen molar-refractivity contribution in [3.63, 3.8) is 0 Å². The van der Waals surface area contributed by atoms with Crippen molar-refractivity contribution in [3.8, 4) is 0 Å². The summed E-state index contributed by atoms with van der Waals surface area (Å²) in [5, 5.41) is 0. The van der Waals surface area contributed by atoms with E-state index in [-0.39, 0.29) is 23.4 Å². The summed E-state index contributed by atoms with van der Waals surface area (Å²) in [5.74, 6) is 0.108. The fourth-order valence-electron chi connectivity index (χ4n) is 3.49. The highest BCUT2D eigenvalue weighted by atomic mass is 19.1. The minimum absolute atomic E-state index is 0.0481. The maximum Gasteiger partial charge on any atom is 0.219 e. The average molecular weight is 332 g/mol. The summed E-state index contributed by atoms with van der Waals surface area (Å²) in [4.78, 5) is 25.5. The zero-order valence-electron chi connectivity index (χ0n) is 14.9. The Morgan fingerprint density at radius 1 is 1.00 bits per heavy atom. The first-order chi connectivity index (χ1) is 10.5. The molecule has 6 heteroatoms. The van der Waals surface area contributed by atoms with Crippen LogP contribution in [0.4, 0.5) is 8.78 Å². The van der Waals surface area contributed by atoms with Crippen LogP contribution in [0, 0.1) is 0 Å². The molecule has 0 aliphatic carbocycles. The molecule has 0 saturated carbocycles. The molecule has 0 spiro atoms. The van der Waals surface area contributed by atoms with E-state index in [0.29, 0.717) is 38.8 Å². The largest absolute Gasteiger partial charge is 0.340 e. The third-order valence-electron chi connectivity index (χ3n) is 4.71. The summed E-state index contributed by atoms with van der Waals surface area (Å²) in [5.41, 5.74) is -0.302. The molecule has 0 N–H and O–H groups in total. The molecule has 3 atom stereocenters. The van der Waals surface area contributed by atoms with E-state index in [2.05, 4.69) is 0 Å². The number of carbonyl (C=O) groups excluding carboxylic acids is 2. The molecular formula is C17H30F2N2O2. The number of piperidine rings is 2. The van der Waals surface area contributed by atoms with Crippen LogP contribution < -0.4 is 0 Å². The van der Waals surface area contributed by atoms with Gasteiger partial charge in [0.25, 0.3) is 0 Å². The van der Waals surface area contributed by atoms with Crippen LogP contribution in [-0.4, -0.2) is 58.6 Å². The lowest BCUT2D eigenvalue weighted by atomic mass is 9.89. The van der Waals surface area contributed by atoms with Gasteiger partial charge in [-0.25, -0.2) is 8.78 Å². The Balaban J connectivity index is 0.000000231. The normalized spacial score (nSPS) is 30.3. The zero-order valence-corrected chi connectivity index (χ0v) is 14.9. The van der Waals surface area contributed by atoms with Crippen molar-refractivity contribution in [2.24, 2.45) is 0 Å². The molecule has 0 radical (unpaired) electrons. The van der Waals surface area contributed by atoms with Crippen molar-refractivity contribution in [1.82, 2.24) is 9.80 Å².